The zero-order valence-corrected chi connectivity index (χ0v) is 11.6. The van der Waals surface area contributed by atoms with Crippen LogP contribution in [0.2, 0.25) is 0 Å². The Morgan fingerprint density at radius 1 is 1.37 bits per heavy atom. The van der Waals surface area contributed by atoms with Crippen molar-refractivity contribution in [2.75, 3.05) is 0 Å². The number of ether oxygens (including phenoxy) is 1. The highest BCUT2D eigenvalue weighted by Gasteiger charge is 2.00. The number of hydrogen-bond acceptors (Lipinski definition) is 5. The standard InChI is InChI=1S/C14H16N2O2S/c1-11(16-17)2-3-12-4-6-13(7-5-12)18-10-14-15-8-9-19-14/h4-9,17H,2-3,10H2,1H3. The molecule has 0 atom stereocenters. The first kappa shape index (κ1) is 13.5. The molecule has 0 amide bonds. The fourth-order valence-electron chi connectivity index (χ4n) is 1.60. The quantitative estimate of drug-likeness (QED) is 0.499. The number of nitrogens with zero attached hydrogens (tertiary/aromatic N) is 2. The first-order valence-corrected chi connectivity index (χ1v) is 6.93. The number of hydrogen-bond donors (Lipinski definition) is 1. The highest BCUT2D eigenvalue weighted by Crippen LogP contribution is 2.16. The van der Waals surface area contributed by atoms with E-state index in [1.807, 2.05) is 36.6 Å². The number of oxime groups is 1. The number of benzene rings is 1. The molecule has 0 fully saturated rings. The van der Waals surface area contributed by atoms with E-state index in [1.54, 1.807) is 17.5 Å². The van der Waals surface area contributed by atoms with Crippen LogP contribution in [0.3, 0.4) is 0 Å². The average Bonchev–Trinajstić information content (AvgIpc) is 2.97. The van der Waals surface area contributed by atoms with Crippen molar-refractivity contribution < 1.29 is 9.94 Å². The van der Waals surface area contributed by atoms with Crippen LogP contribution in [0.1, 0.15) is 23.9 Å². The lowest BCUT2D eigenvalue weighted by Gasteiger charge is -2.05. The number of thiazole rings is 1. The molecule has 2 aromatic rings. The summed E-state index contributed by atoms with van der Waals surface area (Å²) in [4.78, 5) is 4.16. The SMILES string of the molecule is CC(CCc1ccc(OCc2nccs2)cc1)=NO. The van der Waals surface area contributed by atoms with E-state index in [-0.39, 0.29) is 0 Å². The predicted octanol–water partition coefficient (Wildman–Crippen LogP) is 3.50. The molecule has 0 spiro atoms. The number of rotatable bonds is 6. The maximum atomic E-state index is 8.58. The summed E-state index contributed by atoms with van der Waals surface area (Å²) in [6.07, 6.45) is 3.40. The van der Waals surface area contributed by atoms with E-state index in [9.17, 15) is 0 Å². The van der Waals surface area contributed by atoms with Crippen molar-refractivity contribution in [3.63, 3.8) is 0 Å². The molecular formula is C14H16N2O2S. The van der Waals surface area contributed by atoms with E-state index in [0.717, 1.165) is 29.3 Å². The van der Waals surface area contributed by atoms with Crippen LogP contribution in [0.15, 0.2) is 41.0 Å². The molecule has 0 unspecified atom stereocenters. The van der Waals surface area contributed by atoms with Gasteiger partial charge in [0.25, 0.3) is 0 Å². The second-order valence-electron chi connectivity index (χ2n) is 4.19. The van der Waals surface area contributed by atoms with Crippen LogP contribution in [0, 0.1) is 0 Å². The van der Waals surface area contributed by atoms with Gasteiger partial charge >= 0.3 is 0 Å². The Labute approximate surface area is 116 Å². The van der Waals surface area contributed by atoms with Gasteiger partial charge in [0.15, 0.2) is 0 Å². The summed E-state index contributed by atoms with van der Waals surface area (Å²) < 4.78 is 5.64. The fraction of sp³-hybridized carbons (Fsp3) is 0.286. The van der Waals surface area contributed by atoms with Crippen molar-refractivity contribution in [1.82, 2.24) is 4.98 Å². The Morgan fingerprint density at radius 2 is 2.16 bits per heavy atom. The maximum Gasteiger partial charge on any atom is 0.140 e. The van der Waals surface area contributed by atoms with Gasteiger partial charge in [-0.25, -0.2) is 4.98 Å². The zero-order valence-electron chi connectivity index (χ0n) is 10.7. The minimum Gasteiger partial charge on any atom is -0.486 e. The third kappa shape index (κ3) is 4.37. The van der Waals surface area contributed by atoms with Crippen LogP contribution in [0.5, 0.6) is 5.75 Å². The predicted molar refractivity (Wildman–Crippen MR) is 76.1 cm³/mol. The molecule has 1 N–H and O–H groups in total. The molecule has 4 nitrogen and oxygen atoms in total. The highest BCUT2D eigenvalue weighted by molar-refractivity contribution is 7.09. The Morgan fingerprint density at radius 3 is 2.79 bits per heavy atom. The van der Waals surface area contributed by atoms with Crippen molar-refractivity contribution >= 4 is 17.0 Å². The van der Waals surface area contributed by atoms with Gasteiger partial charge in [0.05, 0.1) is 5.71 Å². The molecule has 0 saturated heterocycles. The molecule has 1 aromatic carbocycles. The average molecular weight is 276 g/mol. The third-order valence-corrected chi connectivity index (χ3v) is 3.47. The molecule has 0 aliphatic heterocycles. The third-order valence-electron chi connectivity index (χ3n) is 2.72. The molecule has 19 heavy (non-hydrogen) atoms. The van der Waals surface area contributed by atoms with Gasteiger partial charge < -0.3 is 9.94 Å². The molecule has 2 rings (SSSR count). The van der Waals surface area contributed by atoms with Crippen LogP contribution in [0.4, 0.5) is 0 Å². The van der Waals surface area contributed by atoms with Crippen molar-refractivity contribution in [3.8, 4) is 5.75 Å². The largest absolute Gasteiger partial charge is 0.486 e. The van der Waals surface area contributed by atoms with Gasteiger partial charge in [0.2, 0.25) is 0 Å². The summed E-state index contributed by atoms with van der Waals surface area (Å²) in [6, 6.07) is 7.96. The van der Waals surface area contributed by atoms with Crippen molar-refractivity contribution in [3.05, 3.63) is 46.4 Å². The number of aromatic nitrogens is 1. The van der Waals surface area contributed by atoms with Crippen molar-refractivity contribution in [1.29, 1.82) is 0 Å². The second kappa shape index (κ2) is 6.89. The van der Waals surface area contributed by atoms with Crippen LogP contribution in [-0.2, 0) is 13.0 Å². The van der Waals surface area contributed by atoms with E-state index in [4.69, 9.17) is 9.94 Å². The van der Waals surface area contributed by atoms with Gasteiger partial charge in [-0.15, -0.1) is 11.3 Å². The molecule has 0 aliphatic carbocycles. The summed E-state index contributed by atoms with van der Waals surface area (Å²) in [5.41, 5.74) is 1.94. The van der Waals surface area contributed by atoms with Crippen LogP contribution in [-0.4, -0.2) is 15.9 Å². The van der Waals surface area contributed by atoms with Crippen LogP contribution < -0.4 is 4.74 Å². The van der Waals surface area contributed by atoms with Crippen molar-refractivity contribution in [2.45, 2.75) is 26.4 Å². The molecule has 0 aliphatic rings. The van der Waals surface area contributed by atoms with Gasteiger partial charge in [-0.3, -0.25) is 0 Å². The summed E-state index contributed by atoms with van der Waals surface area (Å²) in [6.45, 7) is 2.32. The van der Waals surface area contributed by atoms with E-state index >= 15 is 0 Å². The Kier molecular flexibility index (Phi) is 4.92. The summed E-state index contributed by atoms with van der Waals surface area (Å²) in [5.74, 6) is 0.839. The van der Waals surface area contributed by atoms with Gasteiger partial charge in [0, 0.05) is 11.6 Å². The Hall–Kier alpha value is -1.88. The molecule has 1 heterocycles. The highest BCUT2D eigenvalue weighted by atomic mass is 32.1. The molecule has 100 valence electrons. The monoisotopic (exact) mass is 276 g/mol. The van der Waals surface area contributed by atoms with E-state index in [0.29, 0.717) is 6.61 Å². The van der Waals surface area contributed by atoms with Gasteiger partial charge in [-0.1, -0.05) is 17.3 Å². The number of aryl methyl sites for hydroxylation is 1. The molecule has 0 bridgehead atoms. The van der Waals surface area contributed by atoms with E-state index in [1.165, 1.54) is 5.56 Å². The summed E-state index contributed by atoms with van der Waals surface area (Å²) in [5, 5.41) is 14.7. The van der Waals surface area contributed by atoms with Crippen molar-refractivity contribution in [2.24, 2.45) is 5.16 Å². The normalized spacial score (nSPS) is 11.5. The lowest BCUT2D eigenvalue weighted by Crippen LogP contribution is -1.96. The molecule has 5 heteroatoms. The first-order valence-electron chi connectivity index (χ1n) is 6.05. The lowest BCUT2D eigenvalue weighted by atomic mass is 10.1. The van der Waals surface area contributed by atoms with E-state index in [2.05, 4.69) is 10.1 Å². The van der Waals surface area contributed by atoms with Gasteiger partial charge in [-0.2, -0.15) is 0 Å². The topological polar surface area (TPSA) is 54.7 Å². The van der Waals surface area contributed by atoms with E-state index < -0.39 is 0 Å². The zero-order chi connectivity index (χ0) is 13.5. The minimum absolute atomic E-state index is 0.507. The summed E-state index contributed by atoms with van der Waals surface area (Å²) in [7, 11) is 0. The maximum absolute atomic E-state index is 8.58. The Balaban J connectivity index is 1.84. The molecular weight excluding hydrogens is 260 g/mol. The lowest BCUT2D eigenvalue weighted by molar-refractivity contribution is 0.305. The Bertz CT molecular complexity index is 521. The first-order chi connectivity index (χ1) is 9.28. The minimum atomic E-state index is 0.507. The molecule has 1 aromatic heterocycles. The van der Waals surface area contributed by atoms with Gasteiger partial charge in [-0.05, 0) is 37.5 Å². The van der Waals surface area contributed by atoms with Crippen LogP contribution in [0.25, 0.3) is 0 Å². The van der Waals surface area contributed by atoms with Crippen LogP contribution >= 0.6 is 11.3 Å². The second-order valence-corrected chi connectivity index (χ2v) is 5.17. The van der Waals surface area contributed by atoms with Gasteiger partial charge in [0.1, 0.15) is 17.4 Å². The smallest absolute Gasteiger partial charge is 0.140 e. The molecule has 0 saturated carbocycles. The summed E-state index contributed by atoms with van der Waals surface area (Å²) >= 11 is 1.59. The fourth-order valence-corrected chi connectivity index (χ4v) is 2.12. The molecule has 0 radical (unpaired) electrons.